The third kappa shape index (κ3) is 3.46. The van der Waals surface area contributed by atoms with Crippen molar-refractivity contribution in [1.82, 2.24) is 0 Å². The van der Waals surface area contributed by atoms with Gasteiger partial charge in [0, 0.05) is 32.7 Å². The Morgan fingerprint density at radius 3 is 2.56 bits per heavy atom. The third-order valence-corrected chi connectivity index (χ3v) is 4.70. The lowest BCUT2D eigenvalue weighted by molar-refractivity contribution is -0.168. The van der Waals surface area contributed by atoms with Crippen molar-refractivity contribution in [3.63, 3.8) is 0 Å². The Bertz CT molecular complexity index is 224. The van der Waals surface area contributed by atoms with Gasteiger partial charge in [-0.05, 0) is 25.7 Å². The highest BCUT2D eigenvalue weighted by Gasteiger charge is 2.40. The fourth-order valence-electron chi connectivity index (χ4n) is 3.53. The molecule has 18 heavy (non-hydrogen) atoms. The Kier molecular flexibility index (Phi) is 5.46. The first-order valence-corrected chi connectivity index (χ1v) is 7.66. The summed E-state index contributed by atoms with van der Waals surface area (Å²) in [6.07, 6.45) is 8.90. The molecule has 2 aliphatic rings. The van der Waals surface area contributed by atoms with Gasteiger partial charge in [0.05, 0.1) is 11.7 Å². The highest BCUT2D eigenvalue weighted by molar-refractivity contribution is 4.91. The molecule has 0 aromatic heterocycles. The minimum Gasteiger partial charge on any atom is -0.390 e. The van der Waals surface area contributed by atoms with E-state index in [9.17, 15) is 5.11 Å². The van der Waals surface area contributed by atoms with Gasteiger partial charge in [-0.15, -0.1) is 0 Å². The fourth-order valence-corrected chi connectivity index (χ4v) is 3.53. The zero-order valence-electron chi connectivity index (χ0n) is 11.7. The van der Waals surface area contributed by atoms with Crippen LogP contribution < -0.4 is 0 Å². The van der Waals surface area contributed by atoms with Crippen LogP contribution in [0.4, 0.5) is 0 Å². The highest BCUT2D eigenvalue weighted by Crippen LogP contribution is 2.34. The number of aliphatic hydroxyl groups is 1. The standard InChI is InChI=1S/C15H28O3/c1-2-18-15(9-11-17-12-10-15)14(16)8-7-13-5-3-4-6-13/h13-14,16H,2-12H2,1H3. The molecule has 0 amide bonds. The third-order valence-electron chi connectivity index (χ3n) is 4.70. The van der Waals surface area contributed by atoms with Gasteiger partial charge in [-0.1, -0.05) is 25.7 Å². The molecule has 0 bridgehead atoms. The van der Waals surface area contributed by atoms with Crippen molar-refractivity contribution in [2.75, 3.05) is 19.8 Å². The van der Waals surface area contributed by atoms with Crippen molar-refractivity contribution < 1.29 is 14.6 Å². The average Bonchev–Trinajstić information content (AvgIpc) is 2.90. The van der Waals surface area contributed by atoms with E-state index in [1.165, 1.54) is 25.7 Å². The van der Waals surface area contributed by atoms with Crippen molar-refractivity contribution in [3.05, 3.63) is 0 Å². The maximum Gasteiger partial charge on any atom is 0.0983 e. The lowest BCUT2D eigenvalue weighted by Gasteiger charge is -2.41. The molecular formula is C15H28O3. The number of aliphatic hydroxyl groups excluding tert-OH is 1. The second kappa shape index (κ2) is 6.88. The largest absolute Gasteiger partial charge is 0.390 e. The summed E-state index contributed by atoms with van der Waals surface area (Å²) in [4.78, 5) is 0. The SMILES string of the molecule is CCOC1(C(O)CCC2CCCC2)CCOCC1. The molecule has 1 unspecified atom stereocenters. The smallest absolute Gasteiger partial charge is 0.0983 e. The molecule has 0 aromatic rings. The molecule has 0 spiro atoms. The summed E-state index contributed by atoms with van der Waals surface area (Å²) in [5.74, 6) is 0.846. The van der Waals surface area contributed by atoms with E-state index in [1.54, 1.807) is 0 Å². The van der Waals surface area contributed by atoms with Crippen LogP contribution in [-0.2, 0) is 9.47 Å². The molecular weight excluding hydrogens is 228 g/mol. The first kappa shape index (κ1) is 14.3. The first-order valence-electron chi connectivity index (χ1n) is 7.66. The van der Waals surface area contributed by atoms with E-state index < -0.39 is 0 Å². The van der Waals surface area contributed by atoms with Crippen LogP contribution in [0.25, 0.3) is 0 Å². The Morgan fingerprint density at radius 1 is 1.28 bits per heavy atom. The molecule has 1 aliphatic heterocycles. The van der Waals surface area contributed by atoms with Gasteiger partial charge in [0.1, 0.15) is 0 Å². The molecule has 2 rings (SSSR count). The van der Waals surface area contributed by atoms with Crippen molar-refractivity contribution in [2.45, 2.75) is 70.0 Å². The van der Waals surface area contributed by atoms with Crippen LogP contribution in [0.15, 0.2) is 0 Å². The molecule has 1 saturated carbocycles. The maximum absolute atomic E-state index is 10.5. The first-order chi connectivity index (χ1) is 8.77. The summed E-state index contributed by atoms with van der Waals surface area (Å²) in [5.41, 5.74) is -0.328. The van der Waals surface area contributed by atoms with Gasteiger partial charge in [0.25, 0.3) is 0 Å². The van der Waals surface area contributed by atoms with Crippen LogP contribution >= 0.6 is 0 Å². The second-order valence-electron chi connectivity index (χ2n) is 5.85. The average molecular weight is 256 g/mol. The van der Waals surface area contributed by atoms with Crippen LogP contribution in [-0.4, -0.2) is 36.6 Å². The molecule has 1 atom stereocenters. The summed E-state index contributed by atoms with van der Waals surface area (Å²) in [5, 5.41) is 10.5. The highest BCUT2D eigenvalue weighted by atomic mass is 16.5. The van der Waals surface area contributed by atoms with E-state index in [1.807, 2.05) is 6.92 Å². The van der Waals surface area contributed by atoms with Gasteiger partial charge in [-0.3, -0.25) is 0 Å². The normalized spacial score (nSPS) is 26.3. The molecule has 3 nitrogen and oxygen atoms in total. The molecule has 0 aromatic carbocycles. The van der Waals surface area contributed by atoms with Gasteiger partial charge >= 0.3 is 0 Å². The topological polar surface area (TPSA) is 38.7 Å². The molecule has 2 fully saturated rings. The van der Waals surface area contributed by atoms with Crippen molar-refractivity contribution in [3.8, 4) is 0 Å². The van der Waals surface area contributed by atoms with Crippen LogP contribution in [0.5, 0.6) is 0 Å². The molecule has 3 heteroatoms. The Morgan fingerprint density at radius 2 is 1.94 bits per heavy atom. The summed E-state index contributed by atoms with van der Waals surface area (Å²) in [6, 6.07) is 0. The van der Waals surface area contributed by atoms with Gasteiger partial charge in [-0.2, -0.15) is 0 Å². The summed E-state index contributed by atoms with van der Waals surface area (Å²) >= 11 is 0. The number of ether oxygens (including phenoxy) is 2. The second-order valence-corrected chi connectivity index (χ2v) is 5.85. The van der Waals surface area contributed by atoms with E-state index in [-0.39, 0.29) is 11.7 Å². The predicted molar refractivity (Wildman–Crippen MR) is 71.6 cm³/mol. The lowest BCUT2D eigenvalue weighted by Crippen LogP contribution is -2.49. The Labute approximate surface area is 111 Å². The Balaban J connectivity index is 1.84. The molecule has 106 valence electrons. The number of hydrogen-bond donors (Lipinski definition) is 1. The zero-order valence-corrected chi connectivity index (χ0v) is 11.7. The summed E-state index contributed by atoms with van der Waals surface area (Å²) in [7, 11) is 0. The molecule has 1 heterocycles. The molecule has 1 saturated heterocycles. The minimum absolute atomic E-state index is 0.318. The van der Waals surface area contributed by atoms with E-state index in [0.717, 1.165) is 44.8 Å². The van der Waals surface area contributed by atoms with Crippen molar-refractivity contribution in [2.24, 2.45) is 5.92 Å². The summed E-state index contributed by atoms with van der Waals surface area (Å²) < 4.78 is 11.3. The summed E-state index contributed by atoms with van der Waals surface area (Å²) in [6.45, 7) is 4.14. The lowest BCUT2D eigenvalue weighted by atomic mass is 9.84. The monoisotopic (exact) mass is 256 g/mol. The van der Waals surface area contributed by atoms with E-state index in [2.05, 4.69) is 0 Å². The van der Waals surface area contributed by atoms with Gasteiger partial charge in [0.15, 0.2) is 0 Å². The molecule has 1 N–H and O–H groups in total. The molecule has 1 aliphatic carbocycles. The van der Waals surface area contributed by atoms with Crippen molar-refractivity contribution in [1.29, 1.82) is 0 Å². The van der Waals surface area contributed by atoms with Crippen LogP contribution in [0, 0.1) is 5.92 Å². The quantitative estimate of drug-likeness (QED) is 0.794. The van der Waals surface area contributed by atoms with Crippen LogP contribution in [0.3, 0.4) is 0 Å². The zero-order chi connectivity index (χ0) is 12.8. The van der Waals surface area contributed by atoms with E-state index in [0.29, 0.717) is 6.61 Å². The van der Waals surface area contributed by atoms with Gasteiger partial charge < -0.3 is 14.6 Å². The van der Waals surface area contributed by atoms with E-state index in [4.69, 9.17) is 9.47 Å². The van der Waals surface area contributed by atoms with Crippen LogP contribution in [0.1, 0.15) is 58.3 Å². The van der Waals surface area contributed by atoms with Crippen molar-refractivity contribution >= 4 is 0 Å². The van der Waals surface area contributed by atoms with Gasteiger partial charge in [0.2, 0.25) is 0 Å². The minimum atomic E-state index is -0.328. The predicted octanol–water partition coefficient (Wildman–Crippen LogP) is 2.90. The van der Waals surface area contributed by atoms with E-state index >= 15 is 0 Å². The Hall–Kier alpha value is -0.120. The van der Waals surface area contributed by atoms with Crippen LogP contribution in [0.2, 0.25) is 0 Å². The van der Waals surface area contributed by atoms with Gasteiger partial charge in [-0.25, -0.2) is 0 Å². The number of rotatable bonds is 6. The molecule has 0 radical (unpaired) electrons. The fraction of sp³-hybridized carbons (Fsp3) is 1.00. The number of hydrogen-bond acceptors (Lipinski definition) is 3. The maximum atomic E-state index is 10.5.